The average molecular weight is 306 g/mol. The predicted molar refractivity (Wildman–Crippen MR) is 85.9 cm³/mol. The molecule has 1 aliphatic heterocycles. The average Bonchev–Trinajstić information content (AvgIpc) is 2.44. The molecule has 1 aliphatic rings. The van der Waals surface area contributed by atoms with Crippen LogP contribution in [0, 0.1) is 12.8 Å². The quantitative estimate of drug-likeness (QED) is 0.929. The summed E-state index contributed by atoms with van der Waals surface area (Å²) in [5.74, 6) is 1.48. The lowest BCUT2D eigenvalue weighted by atomic mass is 9.97. The highest BCUT2D eigenvalue weighted by Gasteiger charge is 2.22. The van der Waals surface area contributed by atoms with Gasteiger partial charge in [-0.25, -0.2) is 14.8 Å². The maximum absolute atomic E-state index is 11.7. The Morgan fingerprint density at radius 3 is 2.64 bits per heavy atom. The summed E-state index contributed by atoms with van der Waals surface area (Å²) >= 11 is 0. The maximum Gasteiger partial charge on any atom is 0.407 e. The Hall–Kier alpha value is -1.85. The van der Waals surface area contributed by atoms with E-state index in [1.807, 2.05) is 33.8 Å². The molecule has 1 amide bonds. The lowest BCUT2D eigenvalue weighted by Gasteiger charge is -2.33. The van der Waals surface area contributed by atoms with Gasteiger partial charge in [0.05, 0.1) is 0 Å². The number of aryl methyl sites for hydroxylation is 1. The summed E-state index contributed by atoms with van der Waals surface area (Å²) in [5, 5.41) is 2.87. The third kappa shape index (κ3) is 5.16. The zero-order chi connectivity index (χ0) is 16.2. The lowest BCUT2D eigenvalue weighted by molar-refractivity contribution is 0.0517. The van der Waals surface area contributed by atoms with Gasteiger partial charge >= 0.3 is 6.09 Å². The van der Waals surface area contributed by atoms with Gasteiger partial charge in [0.2, 0.25) is 0 Å². The van der Waals surface area contributed by atoms with Gasteiger partial charge in [0, 0.05) is 31.4 Å². The number of hydrogen-bond acceptors (Lipinski definition) is 5. The molecule has 6 heteroatoms. The first-order valence-corrected chi connectivity index (χ1v) is 7.84. The van der Waals surface area contributed by atoms with Crippen LogP contribution in [0.3, 0.4) is 0 Å². The molecule has 1 saturated heterocycles. The normalized spacial score (nSPS) is 16.5. The van der Waals surface area contributed by atoms with E-state index in [1.165, 1.54) is 0 Å². The van der Waals surface area contributed by atoms with Gasteiger partial charge in [0.1, 0.15) is 17.7 Å². The van der Waals surface area contributed by atoms with Crippen molar-refractivity contribution in [3.8, 4) is 0 Å². The number of carbonyl (C=O) groups excluding carboxylic acids is 1. The summed E-state index contributed by atoms with van der Waals surface area (Å²) in [6.45, 7) is 10.2. The number of rotatable bonds is 3. The molecule has 1 aromatic heterocycles. The first kappa shape index (κ1) is 16.5. The van der Waals surface area contributed by atoms with E-state index in [0.717, 1.165) is 37.4 Å². The molecule has 0 bridgehead atoms. The van der Waals surface area contributed by atoms with E-state index >= 15 is 0 Å². The third-order valence-corrected chi connectivity index (χ3v) is 3.66. The smallest absolute Gasteiger partial charge is 0.407 e. The van der Waals surface area contributed by atoms with Crippen molar-refractivity contribution in [2.24, 2.45) is 5.92 Å². The minimum Gasteiger partial charge on any atom is -0.444 e. The fraction of sp³-hybridized carbons (Fsp3) is 0.688. The number of nitrogens with zero attached hydrogens (tertiary/aromatic N) is 3. The fourth-order valence-corrected chi connectivity index (χ4v) is 2.52. The molecule has 22 heavy (non-hydrogen) atoms. The van der Waals surface area contributed by atoms with Crippen molar-refractivity contribution in [1.82, 2.24) is 15.3 Å². The highest BCUT2D eigenvalue weighted by molar-refractivity contribution is 5.67. The molecule has 1 aromatic rings. The van der Waals surface area contributed by atoms with Gasteiger partial charge in [-0.2, -0.15) is 0 Å². The molecule has 0 radical (unpaired) electrons. The first-order valence-electron chi connectivity index (χ1n) is 7.84. The molecular formula is C16H26N4O2. The first-order chi connectivity index (χ1) is 10.3. The van der Waals surface area contributed by atoms with E-state index < -0.39 is 5.60 Å². The second-order valence-electron chi connectivity index (χ2n) is 6.83. The Morgan fingerprint density at radius 2 is 2.05 bits per heavy atom. The van der Waals surface area contributed by atoms with E-state index in [-0.39, 0.29) is 6.09 Å². The van der Waals surface area contributed by atoms with Gasteiger partial charge in [0.15, 0.2) is 0 Å². The van der Waals surface area contributed by atoms with Crippen LogP contribution < -0.4 is 10.2 Å². The number of hydrogen-bond donors (Lipinski definition) is 1. The molecule has 0 atom stereocenters. The Balaban J connectivity index is 1.74. The number of ether oxygens (including phenoxy) is 1. The Kier molecular flexibility index (Phi) is 5.21. The molecule has 0 aliphatic carbocycles. The zero-order valence-corrected chi connectivity index (χ0v) is 13.9. The molecule has 2 heterocycles. The molecule has 0 spiro atoms. The van der Waals surface area contributed by atoms with Crippen molar-refractivity contribution in [3.05, 3.63) is 18.1 Å². The Labute approximate surface area is 132 Å². The van der Waals surface area contributed by atoms with Crippen LogP contribution in [-0.4, -0.2) is 41.3 Å². The van der Waals surface area contributed by atoms with E-state index in [4.69, 9.17) is 4.74 Å². The van der Waals surface area contributed by atoms with Crippen molar-refractivity contribution in [1.29, 1.82) is 0 Å². The van der Waals surface area contributed by atoms with Crippen LogP contribution in [0.15, 0.2) is 12.4 Å². The van der Waals surface area contributed by atoms with Gasteiger partial charge in [-0.05, 0) is 46.5 Å². The van der Waals surface area contributed by atoms with Crippen molar-refractivity contribution < 1.29 is 9.53 Å². The van der Waals surface area contributed by atoms with Crippen molar-refractivity contribution in [3.63, 3.8) is 0 Å². The van der Waals surface area contributed by atoms with Crippen LogP contribution in [0.1, 0.15) is 39.3 Å². The number of amides is 1. The largest absolute Gasteiger partial charge is 0.444 e. The van der Waals surface area contributed by atoms with Crippen molar-refractivity contribution in [2.45, 2.75) is 46.1 Å². The molecule has 0 aromatic carbocycles. The molecule has 6 nitrogen and oxygen atoms in total. The summed E-state index contributed by atoms with van der Waals surface area (Å²) in [4.78, 5) is 22.4. The standard InChI is InChI=1S/C16H26N4O2/c1-12-9-14(19-11-18-12)20-7-5-13(6-8-20)10-17-15(21)22-16(2,3)4/h9,11,13H,5-8,10H2,1-4H3,(H,17,21). The maximum atomic E-state index is 11.7. The molecular weight excluding hydrogens is 280 g/mol. The summed E-state index contributed by atoms with van der Waals surface area (Å²) in [7, 11) is 0. The number of piperidine rings is 1. The third-order valence-electron chi connectivity index (χ3n) is 3.66. The number of nitrogens with one attached hydrogen (secondary N) is 1. The molecule has 1 fully saturated rings. The second kappa shape index (κ2) is 6.94. The zero-order valence-electron chi connectivity index (χ0n) is 13.9. The minimum atomic E-state index is -0.446. The number of aromatic nitrogens is 2. The second-order valence-corrected chi connectivity index (χ2v) is 6.83. The Bertz CT molecular complexity index is 505. The number of anilines is 1. The SMILES string of the molecule is Cc1cc(N2CCC(CNC(=O)OC(C)(C)C)CC2)ncn1. The molecule has 0 unspecified atom stereocenters. The summed E-state index contributed by atoms with van der Waals surface area (Å²) in [6.07, 6.45) is 3.36. The lowest BCUT2D eigenvalue weighted by Crippen LogP contribution is -2.40. The molecule has 2 rings (SSSR count). The van der Waals surface area contributed by atoms with Gasteiger partial charge < -0.3 is 15.0 Å². The van der Waals surface area contributed by atoms with Crippen molar-refractivity contribution in [2.75, 3.05) is 24.5 Å². The van der Waals surface area contributed by atoms with Gasteiger partial charge in [-0.1, -0.05) is 0 Å². The summed E-state index contributed by atoms with van der Waals surface area (Å²) in [6, 6.07) is 2.01. The van der Waals surface area contributed by atoms with E-state index in [9.17, 15) is 4.79 Å². The number of carbonyl (C=O) groups is 1. The van der Waals surface area contributed by atoms with Gasteiger partial charge in [0.25, 0.3) is 0 Å². The Morgan fingerprint density at radius 1 is 1.36 bits per heavy atom. The molecule has 1 N–H and O–H groups in total. The van der Waals surface area contributed by atoms with Crippen LogP contribution in [0.4, 0.5) is 10.6 Å². The van der Waals surface area contributed by atoms with Crippen molar-refractivity contribution >= 4 is 11.9 Å². The predicted octanol–water partition coefficient (Wildman–Crippen LogP) is 2.53. The van der Waals surface area contributed by atoms with Crippen LogP contribution in [0.5, 0.6) is 0 Å². The highest BCUT2D eigenvalue weighted by Crippen LogP contribution is 2.21. The minimum absolute atomic E-state index is 0.332. The molecule has 0 saturated carbocycles. The molecule has 122 valence electrons. The fourth-order valence-electron chi connectivity index (χ4n) is 2.52. The van der Waals surface area contributed by atoms with Crippen LogP contribution in [0.2, 0.25) is 0 Å². The van der Waals surface area contributed by atoms with Crippen LogP contribution in [0.25, 0.3) is 0 Å². The summed E-state index contributed by atoms with van der Waals surface area (Å²) < 4.78 is 5.25. The van der Waals surface area contributed by atoms with E-state index in [1.54, 1.807) is 6.33 Å². The van der Waals surface area contributed by atoms with Gasteiger partial charge in [-0.3, -0.25) is 0 Å². The van der Waals surface area contributed by atoms with Crippen LogP contribution >= 0.6 is 0 Å². The monoisotopic (exact) mass is 306 g/mol. The van der Waals surface area contributed by atoms with Gasteiger partial charge in [-0.15, -0.1) is 0 Å². The number of alkyl carbamates (subject to hydrolysis) is 1. The van der Waals surface area contributed by atoms with E-state index in [2.05, 4.69) is 20.2 Å². The topological polar surface area (TPSA) is 67.4 Å². The van der Waals surface area contributed by atoms with Crippen LogP contribution in [-0.2, 0) is 4.74 Å². The summed E-state index contributed by atoms with van der Waals surface area (Å²) in [5.41, 5.74) is 0.539. The van der Waals surface area contributed by atoms with E-state index in [0.29, 0.717) is 12.5 Å². The highest BCUT2D eigenvalue weighted by atomic mass is 16.6.